The second-order valence-corrected chi connectivity index (χ2v) is 9.14. The number of benzene rings is 2. The summed E-state index contributed by atoms with van der Waals surface area (Å²) in [5, 5.41) is 14.3. The summed E-state index contributed by atoms with van der Waals surface area (Å²) in [6.45, 7) is 0. The van der Waals surface area contributed by atoms with Gasteiger partial charge in [-0.05, 0) is 5.56 Å². The molecule has 2 heterocycles. The maximum Gasteiger partial charge on any atom is 0.178 e. The minimum atomic E-state index is 0.0626. The first kappa shape index (κ1) is 16.4. The molecule has 2 aromatic carbocycles. The van der Waals surface area contributed by atoms with E-state index in [4.69, 9.17) is 5.73 Å². The lowest BCUT2D eigenvalue weighted by atomic mass is 10.1. The van der Waals surface area contributed by atoms with Gasteiger partial charge in [0.05, 0.1) is 10.6 Å². The molecule has 4 rings (SSSR count). The summed E-state index contributed by atoms with van der Waals surface area (Å²) in [5.41, 5.74) is 11.4. The quantitative estimate of drug-likeness (QED) is 0.709. The van der Waals surface area contributed by atoms with Crippen molar-refractivity contribution < 1.29 is 0 Å². The van der Waals surface area contributed by atoms with Crippen molar-refractivity contribution in [3.63, 3.8) is 0 Å². The highest BCUT2D eigenvalue weighted by Gasteiger charge is 2.30. The maximum atomic E-state index is 5.92. The highest BCUT2D eigenvalue weighted by molar-refractivity contribution is 8.25. The van der Waals surface area contributed by atoms with Gasteiger partial charge in [-0.25, -0.2) is 0 Å². The van der Waals surface area contributed by atoms with Gasteiger partial charge in [0.15, 0.2) is 9.51 Å². The Morgan fingerprint density at radius 3 is 2.44 bits per heavy atom. The number of thioether (sulfide) groups is 2. The molecule has 3 N–H and O–H groups in total. The Morgan fingerprint density at radius 1 is 0.960 bits per heavy atom. The standard InChI is InChI=1S/C17H15N5S3/c18-16-21-19-13(11-7-3-1-4-8-11)15(24-16)25-17-22-20-14(23-17)12-9-5-2-6-10-12/h1-10,13,15,19H,(H2,18,21)/t13-,15+/m0/s1. The first-order chi connectivity index (χ1) is 12.3. The third kappa shape index (κ3) is 3.81. The van der Waals surface area contributed by atoms with E-state index in [1.54, 1.807) is 34.9 Å². The SMILES string of the molecule is NC1=NN[C@@H](c2ccccc2)[C@@H](Sc2nnc(-c3ccccc3)s2)S1. The van der Waals surface area contributed by atoms with E-state index >= 15 is 0 Å². The van der Waals surface area contributed by atoms with Gasteiger partial charge in [-0.15, -0.1) is 10.2 Å². The Hall–Kier alpha value is -2.03. The molecule has 2 atom stereocenters. The summed E-state index contributed by atoms with van der Waals surface area (Å²) < 4.78 is 1.06. The molecule has 1 aliphatic rings. The molecule has 0 bridgehead atoms. The zero-order valence-electron chi connectivity index (χ0n) is 13.1. The van der Waals surface area contributed by atoms with Crippen LogP contribution in [0.1, 0.15) is 11.6 Å². The maximum absolute atomic E-state index is 5.92. The fourth-order valence-corrected chi connectivity index (χ4v) is 6.05. The average molecular weight is 386 g/mol. The third-order valence-corrected chi connectivity index (χ3v) is 7.13. The van der Waals surface area contributed by atoms with Gasteiger partial charge in [0, 0.05) is 5.56 Å². The Bertz CT molecular complexity index is 866. The second kappa shape index (κ2) is 7.47. The van der Waals surface area contributed by atoms with Crippen LogP contribution in [-0.2, 0) is 0 Å². The Morgan fingerprint density at radius 2 is 1.68 bits per heavy atom. The molecule has 0 radical (unpaired) electrons. The number of hydrogen-bond donors (Lipinski definition) is 2. The molecule has 0 fully saturated rings. The van der Waals surface area contributed by atoms with Crippen LogP contribution >= 0.6 is 34.9 Å². The molecule has 3 aromatic rings. The van der Waals surface area contributed by atoms with E-state index in [-0.39, 0.29) is 10.6 Å². The number of aromatic nitrogens is 2. The molecule has 126 valence electrons. The minimum absolute atomic E-state index is 0.0626. The number of nitrogens with two attached hydrogens (primary N) is 1. The second-order valence-electron chi connectivity index (χ2n) is 5.31. The highest BCUT2D eigenvalue weighted by atomic mass is 32.2. The summed E-state index contributed by atoms with van der Waals surface area (Å²) in [4.78, 5) is 0. The number of hydrazone groups is 1. The monoisotopic (exact) mass is 385 g/mol. The number of nitrogens with one attached hydrogen (secondary N) is 1. The normalized spacial score (nSPS) is 19.9. The summed E-state index contributed by atoms with van der Waals surface area (Å²) in [7, 11) is 0. The van der Waals surface area contributed by atoms with Crippen LogP contribution in [-0.4, -0.2) is 19.9 Å². The van der Waals surface area contributed by atoms with Gasteiger partial charge in [0.2, 0.25) is 0 Å². The zero-order chi connectivity index (χ0) is 17.1. The zero-order valence-corrected chi connectivity index (χ0v) is 15.5. The Balaban J connectivity index is 1.56. The van der Waals surface area contributed by atoms with Crippen molar-refractivity contribution in [1.82, 2.24) is 15.6 Å². The predicted octanol–water partition coefficient (Wildman–Crippen LogP) is 3.93. The third-order valence-electron chi connectivity index (χ3n) is 3.63. The van der Waals surface area contributed by atoms with E-state index < -0.39 is 0 Å². The molecule has 0 unspecified atom stereocenters. The van der Waals surface area contributed by atoms with Gasteiger partial charge in [0.1, 0.15) is 5.01 Å². The van der Waals surface area contributed by atoms with Crippen molar-refractivity contribution >= 4 is 40.0 Å². The first-order valence-electron chi connectivity index (χ1n) is 7.65. The van der Waals surface area contributed by atoms with E-state index in [0.29, 0.717) is 5.17 Å². The number of nitrogens with zero attached hydrogens (tertiary/aromatic N) is 3. The van der Waals surface area contributed by atoms with E-state index in [9.17, 15) is 0 Å². The van der Waals surface area contributed by atoms with Crippen molar-refractivity contribution in [2.45, 2.75) is 15.0 Å². The van der Waals surface area contributed by atoms with Crippen molar-refractivity contribution in [1.29, 1.82) is 0 Å². The molecule has 5 nitrogen and oxygen atoms in total. The van der Waals surface area contributed by atoms with E-state index in [1.165, 1.54) is 5.56 Å². The minimum Gasteiger partial charge on any atom is -0.377 e. The van der Waals surface area contributed by atoms with Crippen LogP contribution in [0.3, 0.4) is 0 Å². The van der Waals surface area contributed by atoms with Crippen LogP contribution < -0.4 is 11.2 Å². The van der Waals surface area contributed by atoms with Crippen LogP contribution in [0.15, 0.2) is 70.1 Å². The van der Waals surface area contributed by atoms with Crippen LogP contribution in [0.5, 0.6) is 0 Å². The van der Waals surface area contributed by atoms with Gasteiger partial charge < -0.3 is 5.73 Å². The van der Waals surface area contributed by atoms with Gasteiger partial charge in [0.25, 0.3) is 0 Å². The molecule has 0 saturated carbocycles. The molecule has 1 aromatic heterocycles. The lowest BCUT2D eigenvalue weighted by Crippen LogP contribution is -2.33. The highest BCUT2D eigenvalue weighted by Crippen LogP contribution is 2.42. The molecule has 0 amide bonds. The van der Waals surface area contributed by atoms with E-state index in [0.717, 1.165) is 14.9 Å². The van der Waals surface area contributed by atoms with E-state index in [1.807, 2.05) is 48.5 Å². The average Bonchev–Trinajstić information content (AvgIpc) is 3.12. The lowest BCUT2D eigenvalue weighted by Gasteiger charge is -2.28. The number of rotatable bonds is 4. The fraction of sp³-hybridized carbons (Fsp3) is 0.118. The van der Waals surface area contributed by atoms with Crippen molar-refractivity contribution in [2.24, 2.45) is 10.8 Å². The van der Waals surface area contributed by atoms with Gasteiger partial charge in [-0.2, -0.15) is 5.10 Å². The molecule has 0 aliphatic carbocycles. The molecule has 1 aliphatic heterocycles. The molecular weight excluding hydrogens is 370 g/mol. The van der Waals surface area contributed by atoms with Crippen LogP contribution in [0.4, 0.5) is 0 Å². The summed E-state index contributed by atoms with van der Waals surface area (Å²) in [6, 6.07) is 20.4. The topological polar surface area (TPSA) is 76.2 Å². The summed E-state index contributed by atoms with van der Waals surface area (Å²) in [5.74, 6) is 0. The van der Waals surface area contributed by atoms with Crippen LogP contribution in [0.25, 0.3) is 10.6 Å². The summed E-state index contributed by atoms with van der Waals surface area (Å²) in [6.07, 6.45) is 0. The van der Waals surface area contributed by atoms with Gasteiger partial charge in [-0.1, -0.05) is 95.5 Å². The van der Waals surface area contributed by atoms with Crippen molar-refractivity contribution in [3.05, 3.63) is 66.2 Å². The van der Waals surface area contributed by atoms with Gasteiger partial charge in [-0.3, -0.25) is 5.43 Å². The molecule has 0 spiro atoms. The Kier molecular flexibility index (Phi) is 4.91. The Labute approximate surface area is 158 Å². The number of hydrogen-bond acceptors (Lipinski definition) is 8. The lowest BCUT2D eigenvalue weighted by molar-refractivity contribution is 0.592. The van der Waals surface area contributed by atoms with Crippen LogP contribution in [0.2, 0.25) is 0 Å². The van der Waals surface area contributed by atoms with Crippen molar-refractivity contribution in [2.75, 3.05) is 0 Å². The summed E-state index contributed by atoms with van der Waals surface area (Å²) >= 11 is 4.82. The van der Waals surface area contributed by atoms with E-state index in [2.05, 4.69) is 32.9 Å². The molecule has 8 heteroatoms. The smallest absolute Gasteiger partial charge is 0.178 e. The predicted molar refractivity (Wildman–Crippen MR) is 107 cm³/mol. The van der Waals surface area contributed by atoms with Crippen LogP contribution in [0, 0.1) is 0 Å². The molecule has 0 saturated heterocycles. The van der Waals surface area contributed by atoms with Crippen molar-refractivity contribution in [3.8, 4) is 10.6 Å². The number of amidine groups is 1. The first-order valence-corrected chi connectivity index (χ1v) is 10.2. The molecular formula is C17H15N5S3. The largest absolute Gasteiger partial charge is 0.377 e. The fourth-order valence-electron chi connectivity index (χ4n) is 2.45. The van der Waals surface area contributed by atoms with Gasteiger partial charge >= 0.3 is 0 Å². The molecule has 25 heavy (non-hydrogen) atoms.